The van der Waals surface area contributed by atoms with Crippen LogP contribution in [-0.2, 0) is 14.3 Å². The Balaban J connectivity index is 1.60. The lowest BCUT2D eigenvalue weighted by atomic mass is 10.2. The fraction of sp³-hybridized carbons (Fsp3) is 0.136. The maximum Gasteiger partial charge on any atom is 0.331 e. The smallest absolute Gasteiger partial charge is 0.331 e. The van der Waals surface area contributed by atoms with Gasteiger partial charge in [-0.3, -0.25) is 4.79 Å². The molecule has 0 aliphatic rings. The molecule has 3 aromatic rings. The highest BCUT2D eigenvalue weighted by atomic mass is 35.5. The number of benzene rings is 2. The normalized spacial score (nSPS) is 10.9. The third-order valence-corrected chi connectivity index (χ3v) is 4.83. The van der Waals surface area contributed by atoms with E-state index in [4.69, 9.17) is 27.9 Å². The highest BCUT2D eigenvalue weighted by Gasteiger charge is 2.12. The van der Waals surface area contributed by atoms with Gasteiger partial charge in [-0.25, -0.2) is 9.48 Å². The molecule has 0 bridgehead atoms. The second-order valence-corrected chi connectivity index (χ2v) is 7.29. The minimum absolute atomic E-state index is 0.295. The van der Waals surface area contributed by atoms with E-state index in [1.54, 1.807) is 18.2 Å². The van der Waals surface area contributed by atoms with Gasteiger partial charge >= 0.3 is 5.97 Å². The number of amides is 1. The number of nitrogens with zero attached hydrogens (tertiary/aromatic N) is 2. The summed E-state index contributed by atoms with van der Waals surface area (Å²) >= 11 is 11.8. The second kappa shape index (κ2) is 9.61. The van der Waals surface area contributed by atoms with Crippen molar-refractivity contribution in [3.63, 3.8) is 0 Å². The van der Waals surface area contributed by atoms with Crippen LogP contribution in [0, 0.1) is 13.8 Å². The molecule has 0 radical (unpaired) electrons. The summed E-state index contributed by atoms with van der Waals surface area (Å²) in [7, 11) is 0. The Bertz CT molecular complexity index is 1110. The van der Waals surface area contributed by atoms with Crippen LogP contribution in [0.5, 0.6) is 0 Å². The fourth-order valence-corrected chi connectivity index (χ4v) is 3.29. The molecule has 0 saturated carbocycles. The summed E-state index contributed by atoms with van der Waals surface area (Å²) < 4.78 is 6.81. The first-order chi connectivity index (χ1) is 14.3. The predicted molar refractivity (Wildman–Crippen MR) is 118 cm³/mol. The number of carbonyl (C=O) groups excluding carboxylic acids is 2. The Kier molecular flexibility index (Phi) is 6.92. The number of hydrogen-bond acceptors (Lipinski definition) is 4. The molecule has 3 rings (SSSR count). The first-order valence-electron chi connectivity index (χ1n) is 9.06. The van der Waals surface area contributed by atoms with Gasteiger partial charge in [-0.2, -0.15) is 5.10 Å². The summed E-state index contributed by atoms with van der Waals surface area (Å²) in [5.41, 5.74) is 3.79. The van der Waals surface area contributed by atoms with Crippen LogP contribution < -0.4 is 5.32 Å². The number of carbonyl (C=O) groups is 2. The quantitative estimate of drug-likeness (QED) is 0.430. The summed E-state index contributed by atoms with van der Waals surface area (Å²) in [6.07, 6.45) is 2.91. The molecule has 6 nitrogen and oxygen atoms in total. The number of rotatable bonds is 6. The fourth-order valence-electron chi connectivity index (χ4n) is 2.83. The maximum absolute atomic E-state index is 12.0. The van der Waals surface area contributed by atoms with Crippen LogP contribution in [0.2, 0.25) is 10.0 Å². The van der Waals surface area contributed by atoms with Gasteiger partial charge < -0.3 is 10.1 Å². The van der Waals surface area contributed by atoms with Gasteiger partial charge in [0.05, 0.1) is 22.1 Å². The number of nitrogens with one attached hydrogen (secondary N) is 1. The molecule has 0 saturated heterocycles. The van der Waals surface area contributed by atoms with E-state index in [0.29, 0.717) is 15.7 Å². The SMILES string of the molecule is Cc1nn(-c2ccccc2)c(C)c1/C=C/C(=O)OCC(=O)Nc1ccc(Cl)cc1Cl. The van der Waals surface area contributed by atoms with Gasteiger partial charge in [-0.05, 0) is 50.3 Å². The number of aryl methyl sites for hydroxylation is 1. The van der Waals surface area contributed by atoms with E-state index >= 15 is 0 Å². The van der Waals surface area contributed by atoms with Crippen molar-refractivity contribution < 1.29 is 14.3 Å². The molecular formula is C22H19Cl2N3O3. The third-order valence-electron chi connectivity index (χ3n) is 4.28. The van der Waals surface area contributed by atoms with Crippen molar-refractivity contribution in [2.24, 2.45) is 0 Å². The minimum atomic E-state index is -0.640. The minimum Gasteiger partial charge on any atom is -0.452 e. The molecule has 0 spiro atoms. The molecule has 2 aromatic carbocycles. The van der Waals surface area contributed by atoms with Crippen LogP contribution in [-0.4, -0.2) is 28.3 Å². The highest BCUT2D eigenvalue weighted by molar-refractivity contribution is 6.36. The van der Waals surface area contributed by atoms with Crippen molar-refractivity contribution in [3.8, 4) is 5.69 Å². The monoisotopic (exact) mass is 443 g/mol. The third kappa shape index (κ3) is 5.28. The number of anilines is 1. The summed E-state index contributed by atoms with van der Waals surface area (Å²) in [6.45, 7) is 3.34. The molecule has 1 amide bonds. The van der Waals surface area contributed by atoms with E-state index in [9.17, 15) is 9.59 Å². The zero-order valence-corrected chi connectivity index (χ0v) is 17.9. The van der Waals surface area contributed by atoms with Crippen LogP contribution in [0.1, 0.15) is 17.0 Å². The van der Waals surface area contributed by atoms with Crippen LogP contribution >= 0.6 is 23.2 Å². The van der Waals surface area contributed by atoms with Crippen LogP contribution in [0.4, 0.5) is 5.69 Å². The molecule has 0 unspecified atom stereocenters. The van der Waals surface area contributed by atoms with E-state index in [0.717, 1.165) is 22.6 Å². The summed E-state index contributed by atoms with van der Waals surface area (Å²) in [6, 6.07) is 14.4. The largest absolute Gasteiger partial charge is 0.452 e. The first-order valence-corrected chi connectivity index (χ1v) is 9.82. The van der Waals surface area contributed by atoms with Crippen LogP contribution in [0.25, 0.3) is 11.8 Å². The molecule has 8 heteroatoms. The Morgan fingerprint density at radius 2 is 1.87 bits per heavy atom. The molecular weight excluding hydrogens is 425 g/mol. The highest BCUT2D eigenvalue weighted by Crippen LogP contribution is 2.25. The Morgan fingerprint density at radius 3 is 2.57 bits per heavy atom. The van der Waals surface area contributed by atoms with Crippen molar-refractivity contribution in [1.82, 2.24) is 9.78 Å². The molecule has 0 atom stereocenters. The molecule has 154 valence electrons. The molecule has 1 aromatic heterocycles. The molecule has 0 fully saturated rings. The maximum atomic E-state index is 12.0. The summed E-state index contributed by atoms with van der Waals surface area (Å²) in [5.74, 6) is -1.15. The van der Waals surface area contributed by atoms with Crippen molar-refractivity contribution >= 4 is 46.8 Å². The lowest BCUT2D eigenvalue weighted by molar-refractivity contribution is -0.142. The molecule has 1 heterocycles. The Morgan fingerprint density at radius 1 is 1.13 bits per heavy atom. The molecule has 30 heavy (non-hydrogen) atoms. The van der Waals surface area contributed by atoms with Gasteiger partial charge in [0.2, 0.25) is 0 Å². The number of esters is 1. The topological polar surface area (TPSA) is 73.2 Å². The first kappa shape index (κ1) is 21.6. The number of aromatic nitrogens is 2. The lowest BCUT2D eigenvalue weighted by Gasteiger charge is -2.07. The average molecular weight is 444 g/mol. The predicted octanol–water partition coefficient (Wildman–Crippen LogP) is 4.99. The van der Waals surface area contributed by atoms with E-state index in [2.05, 4.69) is 10.4 Å². The van der Waals surface area contributed by atoms with Crippen molar-refractivity contribution in [2.45, 2.75) is 13.8 Å². The second-order valence-electron chi connectivity index (χ2n) is 6.45. The van der Waals surface area contributed by atoms with Gasteiger partial charge in [-0.1, -0.05) is 41.4 Å². The van der Waals surface area contributed by atoms with Gasteiger partial charge in [0, 0.05) is 22.4 Å². The lowest BCUT2D eigenvalue weighted by Crippen LogP contribution is -2.20. The molecule has 1 N–H and O–H groups in total. The number of ether oxygens (including phenoxy) is 1. The van der Waals surface area contributed by atoms with Crippen molar-refractivity contribution in [2.75, 3.05) is 11.9 Å². The van der Waals surface area contributed by atoms with Crippen LogP contribution in [0.15, 0.2) is 54.6 Å². The van der Waals surface area contributed by atoms with Gasteiger partial charge in [0.25, 0.3) is 5.91 Å². The summed E-state index contributed by atoms with van der Waals surface area (Å²) in [4.78, 5) is 24.0. The standard InChI is InChI=1S/C22H19Cl2N3O3/c1-14-18(15(2)27(26-14)17-6-4-3-5-7-17)9-11-22(29)30-13-21(28)25-20-10-8-16(23)12-19(20)24/h3-12H,13H2,1-2H3,(H,25,28)/b11-9+. The van der Waals surface area contributed by atoms with Crippen molar-refractivity contribution in [1.29, 1.82) is 0 Å². The van der Waals surface area contributed by atoms with Gasteiger partial charge in [0.15, 0.2) is 6.61 Å². The van der Waals surface area contributed by atoms with E-state index < -0.39 is 18.5 Å². The van der Waals surface area contributed by atoms with Crippen LogP contribution in [0.3, 0.4) is 0 Å². The molecule has 0 aliphatic heterocycles. The Hall–Kier alpha value is -3.09. The summed E-state index contributed by atoms with van der Waals surface area (Å²) in [5, 5.41) is 7.83. The average Bonchev–Trinajstić information content (AvgIpc) is 3.01. The van der Waals surface area contributed by atoms with Gasteiger partial charge in [-0.15, -0.1) is 0 Å². The zero-order valence-electron chi connectivity index (χ0n) is 16.4. The van der Waals surface area contributed by atoms with E-state index in [1.807, 2.05) is 48.9 Å². The van der Waals surface area contributed by atoms with E-state index in [1.165, 1.54) is 12.1 Å². The van der Waals surface area contributed by atoms with Gasteiger partial charge in [0.1, 0.15) is 0 Å². The number of hydrogen-bond donors (Lipinski definition) is 1. The van der Waals surface area contributed by atoms with E-state index in [-0.39, 0.29) is 0 Å². The number of para-hydroxylation sites is 1. The zero-order chi connectivity index (χ0) is 21.7. The number of halogens is 2. The Labute approximate surface area is 184 Å². The molecule has 0 aliphatic carbocycles. The van der Waals surface area contributed by atoms with Crippen molar-refractivity contribution in [3.05, 3.63) is 81.6 Å².